The first-order valence-corrected chi connectivity index (χ1v) is 10.2. The van der Waals surface area contributed by atoms with Gasteiger partial charge >= 0.3 is 0 Å². The fourth-order valence-corrected chi connectivity index (χ4v) is 4.52. The van der Waals surface area contributed by atoms with Gasteiger partial charge in [0.1, 0.15) is 12.4 Å². The fourth-order valence-electron chi connectivity index (χ4n) is 3.22. The molecule has 0 radical (unpaired) electrons. The first-order valence-electron chi connectivity index (χ1n) is 8.67. The molecular weight excluding hydrogens is 350 g/mol. The molecule has 0 amide bonds. The summed E-state index contributed by atoms with van der Waals surface area (Å²) in [6, 6.07) is 13.6. The second-order valence-corrected chi connectivity index (χ2v) is 8.31. The molecule has 6 nitrogen and oxygen atoms in total. The summed E-state index contributed by atoms with van der Waals surface area (Å²) in [4.78, 5) is 9.30. The van der Waals surface area contributed by atoms with E-state index in [0.717, 1.165) is 38.5 Å². The number of rotatable bonds is 5. The molecule has 2 heterocycles. The zero-order chi connectivity index (χ0) is 18.0. The predicted octanol–water partition coefficient (Wildman–Crippen LogP) is 2.06. The number of fused-ring (bicyclic) bond motifs is 1. The van der Waals surface area contributed by atoms with Gasteiger partial charge in [-0.1, -0.05) is 18.2 Å². The van der Waals surface area contributed by atoms with Crippen LogP contribution in [0.4, 0.5) is 5.69 Å². The highest BCUT2D eigenvalue weighted by atomic mass is 32.2. The number of anilines is 1. The number of aliphatic imine (C=N–C) groups is 1. The lowest BCUT2D eigenvalue weighted by Gasteiger charge is -2.32. The van der Waals surface area contributed by atoms with Crippen molar-refractivity contribution in [2.45, 2.75) is 9.79 Å². The Morgan fingerprint density at radius 3 is 2.65 bits per heavy atom. The van der Waals surface area contributed by atoms with Crippen molar-refractivity contribution in [1.29, 1.82) is 0 Å². The summed E-state index contributed by atoms with van der Waals surface area (Å²) < 4.78 is 31.4. The van der Waals surface area contributed by atoms with Crippen LogP contribution in [0.15, 0.2) is 63.3 Å². The molecule has 4 rings (SSSR count). The maximum absolute atomic E-state index is 12.8. The highest BCUT2D eigenvalue weighted by Gasteiger charge is 2.24. The van der Waals surface area contributed by atoms with Crippen molar-refractivity contribution < 1.29 is 13.2 Å². The third-order valence-corrected chi connectivity index (χ3v) is 6.46. The smallest absolute Gasteiger partial charge is 0.206 e. The average molecular weight is 371 g/mol. The van der Waals surface area contributed by atoms with Gasteiger partial charge in [-0.15, -0.1) is 0 Å². The van der Waals surface area contributed by atoms with E-state index in [1.54, 1.807) is 42.5 Å². The molecule has 0 bridgehead atoms. The maximum Gasteiger partial charge on any atom is 0.206 e. The number of hydrogen-bond donors (Lipinski definition) is 0. The molecule has 7 heteroatoms. The molecule has 0 unspecified atom stereocenters. The molecule has 2 aliphatic heterocycles. The molecule has 2 aromatic carbocycles. The van der Waals surface area contributed by atoms with Crippen LogP contribution in [0.2, 0.25) is 0 Å². The summed E-state index contributed by atoms with van der Waals surface area (Å²) in [7, 11) is -3.54. The van der Waals surface area contributed by atoms with Crippen LogP contribution >= 0.6 is 0 Å². The van der Waals surface area contributed by atoms with E-state index in [1.165, 1.54) is 0 Å². The fraction of sp³-hybridized carbons (Fsp3) is 0.316. The van der Waals surface area contributed by atoms with Crippen molar-refractivity contribution in [1.82, 2.24) is 4.90 Å². The zero-order valence-corrected chi connectivity index (χ0v) is 15.2. The Bertz CT molecular complexity index is 905. The van der Waals surface area contributed by atoms with Crippen molar-refractivity contribution >= 4 is 21.7 Å². The first-order chi connectivity index (χ1) is 12.6. The van der Waals surface area contributed by atoms with E-state index in [-0.39, 0.29) is 4.90 Å². The Labute approximate surface area is 153 Å². The number of sulfone groups is 1. The molecule has 0 fully saturated rings. The second-order valence-electron chi connectivity index (χ2n) is 6.37. The molecule has 136 valence electrons. The lowest BCUT2D eigenvalue weighted by atomic mass is 10.2. The van der Waals surface area contributed by atoms with Crippen molar-refractivity contribution in [2.75, 3.05) is 44.4 Å². The van der Waals surface area contributed by atoms with Gasteiger partial charge in [0.25, 0.3) is 0 Å². The zero-order valence-electron chi connectivity index (χ0n) is 14.4. The molecule has 0 aliphatic carbocycles. The number of ether oxygens (including phenoxy) is 1. The minimum atomic E-state index is -3.54. The maximum atomic E-state index is 12.8. The highest BCUT2D eigenvalue weighted by molar-refractivity contribution is 7.91. The van der Waals surface area contributed by atoms with Gasteiger partial charge in [-0.2, -0.15) is 0 Å². The average Bonchev–Trinajstić information content (AvgIpc) is 3.20. The van der Waals surface area contributed by atoms with Gasteiger partial charge in [0.15, 0.2) is 0 Å². The monoisotopic (exact) mass is 371 g/mol. The van der Waals surface area contributed by atoms with E-state index in [2.05, 4.69) is 14.8 Å². The predicted molar refractivity (Wildman–Crippen MR) is 101 cm³/mol. The highest BCUT2D eigenvalue weighted by Crippen LogP contribution is 2.35. The Morgan fingerprint density at radius 2 is 1.88 bits per heavy atom. The van der Waals surface area contributed by atoms with Crippen LogP contribution in [-0.2, 0) is 9.84 Å². The van der Waals surface area contributed by atoms with E-state index in [1.807, 2.05) is 12.3 Å². The van der Waals surface area contributed by atoms with Gasteiger partial charge in [-0.05, 0) is 24.3 Å². The molecule has 0 aromatic heterocycles. The van der Waals surface area contributed by atoms with Crippen LogP contribution in [0.3, 0.4) is 0 Å². The van der Waals surface area contributed by atoms with Crippen molar-refractivity contribution in [2.24, 2.45) is 4.99 Å². The molecule has 0 saturated carbocycles. The molecule has 0 saturated heterocycles. The van der Waals surface area contributed by atoms with Crippen molar-refractivity contribution in [3.05, 3.63) is 48.5 Å². The summed E-state index contributed by atoms with van der Waals surface area (Å²) in [5.74, 6) is 0.630. The second kappa shape index (κ2) is 7.09. The lowest BCUT2D eigenvalue weighted by Crippen LogP contribution is -2.39. The Kier molecular flexibility index (Phi) is 4.65. The van der Waals surface area contributed by atoms with Gasteiger partial charge in [-0.3, -0.25) is 9.89 Å². The van der Waals surface area contributed by atoms with Crippen LogP contribution in [0.1, 0.15) is 0 Å². The van der Waals surface area contributed by atoms with Crippen molar-refractivity contribution in [3.8, 4) is 5.75 Å². The van der Waals surface area contributed by atoms with Crippen LogP contribution in [0, 0.1) is 0 Å². The van der Waals surface area contributed by atoms with Gasteiger partial charge in [0.2, 0.25) is 9.84 Å². The number of hydrogen-bond acceptors (Lipinski definition) is 6. The van der Waals surface area contributed by atoms with E-state index >= 15 is 0 Å². The minimum absolute atomic E-state index is 0.261. The largest absolute Gasteiger partial charge is 0.490 e. The third-order valence-electron chi connectivity index (χ3n) is 4.69. The summed E-state index contributed by atoms with van der Waals surface area (Å²) >= 11 is 0. The van der Waals surface area contributed by atoms with Crippen LogP contribution in [-0.4, -0.2) is 59.0 Å². The summed E-state index contributed by atoms with van der Waals surface area (Å²) in [5.41, 5.74) is 0.948. The minimum Gasteiger partial charge on any atom is -0.490 e. The molecule has 0 spiro atoms. The molecular formula is C19H21N3O3S. The molecule has 2 aliphatic rings. The van der Waals surface area contributed by atoms with E-state index in [9.17, 15) is 8.42 Å². The summed E-state index contributed by atoms with van der Waals surface area (Å²) in [6.45, 7) is 4.79. The molecule has 0 atom stereocenters. The van der Waals surface area contributed by atoms with Crippen LogP contribution in [0.25, 0.3) is 0 Å². The standard InChI is InChI=1S/C19H21N3O3S/c23-26(24,16-4-2-1-3-5-16)17-6-7-18-19(14-17)25-13-12-22(18)11-10-21-9-8-20-15-21/h1-8,14H,9-13,15H2. The Balaban J connectivity index is 1.56. The Morgan fingerprint density at radius 1 is 1.04 bits per heavy atom. The third kappa shape index (κ3) is 3.32. The molecule has 2 aromatic rings. The van der Waals surface area contributed by atoms with E-state index in [0.29, 0.717) is 17.3 Å². The normalized spacial score (nSPS) is 17.2. The quantitative estimate of drug-likeness (QED) is 0.805. The summed E-state index contributed by atoms with van der Waals surface area (Å²) in [5, 5.41) is 0. The number of nitrogens with zero attached hydrogens (tertiary/aromatic N) is 3. The van der Waals surface area contributed by atoms with Crippen molar-refractivity contribution in [3.63, 3.8) is 0 Å². The molecule has 26 heavy (non-hydrogen) atoms. The van der Waals surface area contributed by atoms with Gasteiger partial charge in [-0.25, -0.2) is 8.42 Å². The Hall–Kier alpha value is -2.38. The van der Waals surface area contributed by atoms with E-state index < -0.39 is 9.84 Å². The van der Waals surface area contributed by atoms with Gasteiger partial charge < -0.3 is 9.64 Å². The summed E-state index contributed by atoms with van der Waals surface area (Å²) in [6.07, 6.45) is 1.94. The van der Waals surface area contributed by atoms with Crippen LogP contribution < -0.4 is 9.64 Å². The first kappa shape index (κ1) is 17.1. The molecule has 0 N–H and O–H groups in total. The topological polar surface area (TPSA) is 62.2 Å². The number of benzene rings is 2. The van der Waals surface area contributed by atoms with Gasteiger partial charge in [0.05, 0.1) is 28.7 Å². The van der Waals surface area contributed by atoms with Crippen LogP contribution in [0.5, 0.6) is 5.75 Å². The SMILES string of the molecule is O=S(=O)(c1ccccc1)c1ccc2c(c1)OCCN2CCN1CC=NC1. The lowest BCUT2D eigenvalue weighted by molar-refractivity contribution is 0.296. The van der Waals surface area contributed by atoms with Gasteiger partial charge in [0, 0.05) is 31.9 Å². The van der Waals surface area contributed by atoms with E-state index in [4.69, 9.17) is 4.74 Å².